The fourth-order valence-electron chi connectivity index (χ4n) is 4.97. The molecule has 4 nitrogen and oxygen atoms in total. The highest BCUT2D eigenvalue weighted by Gasteiger charge is 2.41. The molecule has 0 radical (unpaired) electrons. The number of hydrogen-bond acceptors (Lipinski definition) is 2. The maximum Gasteiger partial charge on any atom is 0.419 e. The summed E-state index contributed by atoms with van der Waals surface area (Å²) in [5.41, 5.74) is -0.680. The van der Waals surface area contributed by atoms with Gasteiger partial charge in [-0.2, -0.15) is 13.2 Å². The summed E-state index contributed by atoms with van der Waals surface area (Å²) in [7, 11) is 0. The highest BCUT2D eigenvalue weighted by atomic mass is 19.4. The summed E-state index contributed by atoms with van der Waals surface area (Å²) >= 11 is 0. The van der Waals surface area contributed by atoms with Crippen LogP contribution in [0, 0.1) is 17.8 Å². The zero-order valence-corrected chi connectivity index (χ0v) is 14.8. The number of hydrogen-bond donors (Lipinski definition) is 0. The Bertz CT molecular complexity index is 653. The number of alkyl halides is 3. The molecule has 0 spiro atoms. The van der Waals surface area contributed by atoms with Crippen LogP contribution in [0.15, 0.2) is 18.3 Å². The van der Waals surface area contributed by atoms with Gasteiger partial charge in [-0.15, -0.1) is 0 Å². The van der Waals surface area contributed by atoms with Gasteiger partial charge < -0.3 is 4.90 Å². The summed E-state index contributed by atoms with van der Waals surface area (Å²) in [5, 5.41) is 0. The Morgan fingerprint density at radius 3 is 2.42 bits per heavy atom. The number of carbonyl (C=O) groups excluding carboxylic acids is 1. The third-order valence-electron chi connectivity index (χ3n) is 6.42. The van der Waals surface area contributed by atoms with E-state index in [0.717, 1.165) is 24.1 Å². The number of anilines is 1. The molecule has 1 saturated heterocycles. The number of piperazine rings is 1. The number of carbonyl (C=O) groups is 1. The van der Waals surface area contributed by atoms with Crippen molar-refractivity contribution in [1.29, 1.82) is 0 Å². The smallest absolute Gasteiger partial charge is 0.335 e. The van der Waals surface area contributed by atoms with E-state index in [2.05, 4.69) is 4.98 Å². The van der Waals surface area contributed by atoms with Gasteiger partial charge in [0.15, 0.2) is 0 Å². The molecule has 1 N–H and O–H groups in total. The maximum absolute atomic E-state index is 12.6. The number of nitrogens with one attached hydrogen (secondary N) is 1. The van der Waals surface area contributed by atoms with Crippen molar-refractivity contribution in [1.82, 2.24) is 4.90 Å². The minimum absolute atomic E-state index is 0.249. The van der Waals surface area contributed by atoms with E-state index in [1.165, 1.54) is 31.7 Å². The average Bonchev–Trinajstić information content (AvgIpc) is 3.24. The number of fused-ring (bicyclic) bond motifs is 2. The molecule has 7 heteroatoms. The molecule has 1 aromatic rings. The van der Waals surface area contributed by atoms with E-state index < -0.39 is 11.7 Å². The van der Waals surface area contributed by atoms with Crippen LogP contribution in [0.25, 0.3) is 0 Å². The van der Waals surface area contributed by atoms with Crippen molar-refractivity contribution in [2.75, 3.05) is 31.1 Å². The molecule has 0 aromatic carbocycles. The normalized spacial score (nSPS) is 28.7. The Hall–Kier alpha value is -1.79. The second kappa shape index (κ2) is 6.74. The molecule has 1 aromatic heterocycles. The molecule has 2 aliphatic carbocycles. The number of aromatic amines is 1. The Labute approximate surface area is 151 Å². The summed E-state index contributed by atoms with van der Waals surface area (Å²) < 4.78 is 37.9. The standard InChI is InChI=1S/C19H24F3N3O/c20-19(21,22)16-3-4-17(23-12-16)24-5-7-25(8-6-24)18(26)11-15-10-13-1-2-14(15)9-13/h3-4,12-15H,1-2,5-11H2/p+1/t13-,14+,15+/m0/s1. The molecular weight excluding hydrogens is 343 g/mol. The highest BCUT2D eigenvalue weighted by Crippen LogP contribution is 2.49. The van der Waals surface area contributed by atoms with E-state index in [1.807, 2.05) is 9.80 Å². The number of H-pyrrole nitrogens is 1. The highest BCUT2D eigenvalue weighted by molar-refractivity contribution is 5.76. The number of pyridine rings is 1. The van der Waals surface area contributed by atoms with Crippen LogP contribution in [0.5, 0.6) is 0 Å². The monoisotopic (exact) mass is 368 g/mol. The minimum Gasteiger partial charge on any atom is -0.335 e. The second-order valence-corrected chi connectivity index (χ2v) is 7.97. The lowest BCUT2D eigenvalue weighted by Crippen LogP contribution is -2.50. The van der Waals surface area contributed by atoms with Gasteiger partial charge in [-0.3, -0.25) is 9.69 Å². The molecule has 4 rings (SSSR count). The number of rotatable bonds is 3. The van der Waals surface area contributed by atoms with Gasteiger partial charge in [-0.1, -0.05) is 6.42 Å². The van der Waals surface area contributed by atoms with Crippen LogP contribution in [0.4, 0.5) is 19.0 Å². The Kier molecular flexibility index (Phi) is 4.57. The average molecular weight is 368 g/mol. The van der Waals surface area contributed by atoms with Crippen LogP contribution in [-0.4, -0.2) is 37.0 Å². The molecule has 0 unspecified atom stereocenters. The predicted octanol–water partition coefficient (Wildman–Crippen LogP) is 2.99. The van der Waals surface area contributed by atoms with Gasteiger partial charge in [-0.25, -0.2) is 4.98 Å². The molecule has 142 valence electrons. The van der Waals surface area contributed by atoms with Crippen LogP contribution in [-0.2, 0) is 11.0 Å². The molecule has 1 aliphatic heterocycles. The van der Waals surface area contributed by atoms with Crippen molar-refractivity contribution in [3.63, 3.8) is 0 Å². The molecule has 2 saturated carbocycles. The van der Waals surface area contributed by atoms with Crippen molar-refractivity contribution >= 4 is 11.7 Å². The minimum atomic E-state index is -4.33. The van der Waals surface area contributed by atoms with Crippen molar-refractivity contribution in [3.05, 3.63) is 23.9 Å². The predicted molar refractivity (Wildman–Crippen MR) is 90.3 cm³/mol. The number of aromatic nitrogens is 1. The van der Waals surface area contributed by atoms with Gasteiger partial charge >= 0.3 is 6.18 Å². The second-order valence-electron chi connectivity index (χ2n) is 7.97. The van der Waals surface area contributed by atoms with Crippen molar-refractivity contribution in [2.24, 2.45) is 17.8 Å². The van der Waals surface area contributed by atoms with Crippen LogP contribution in [0.1, 0.15) is 37.7 Å². The Balaban J connectivity index is 1.29. The van der Waals surface area contributed by atoms with Gasteiger partial charge in [0, 0.05) is 12.5 Å². The lowest BCUT2D eigenvalue weighted by atomic mass is 9.86. The van der Waals surface area contributed by atoms with Gasteiger partial charge in [0.1, 0.15) is 19.3 Å². The van der Waals surface area contributed by atoms with Crippen LogP contribution in [0.2, 0.25) is 0 Å². The van der Waals surface area contributed by atoms with Gasteiger partial charge in [0.2, 0.25) is 5.91 Å². The van der Waals surface area contributed by atoms with Gasteiger partial charge in [0.05, 0.1) is 18.7 Å². The summed E-state index contributed by atoms with van der Waals surface area (Å²) in [6, 6.07) is 2.56. The molecule has 2 bridgehead atoms. The Morgan fingerprint density at radius 1 is 1.12 bits per heavy atom. The van der Waals surface area contributed by atoms with Gasteiger partial charge in [0.25, 0.3) is 5.82 Å². The number of nitrogens with zero attached hydrogens (tertiary/aromatic N) is 2. The van der Waals surface area contributed by atoms with Crippen LogP contribution >= 0.6 is 0 Å². The molecule has 2 heterocycles. The third-order valence-corrected chi connectivity index (χ3v) is 6.42. The lowest BCUT2D eigenvalue weighted by molar-refractivity contribution is -0.367. The fraction of sp³-hybridized carbons (Fsp3) is 0.684. The summed E-state index contributed by atoms with van der Waals surface area (Å²) in [6.45, 7) is 2.55. The first kappa shape index (κ1) is 17.6. The summed E-state index contributed by atoms with van der Waals surface area (Å²) in [6.07, 6.45) is 2.51. The van der Waals surface area contributed by atoms with Crippen molar-refractivity contribution in [2.45, 2.75) is 38.3 Å². The first-order valence-electron chi connectivity index (χ1n) is 9.52. The topological polar surface area (TPSA) is 37.7 Å². The molecule has 26 heavy (non-hydrogen) atoms. The van der Waals surface area contributed by atoms with Crippen molar-refractivity contribution < 1.29 is 22.9 Å². The number of amides is 1. The molecular formula is C19H25F3N3O+. The van der Waals surface area contributed by atoms with E-state index in [4.69, 9.17) is 0 Å². The molecule has 3 atom stereocenters. The SMILES string of the molecule is O=C(C[C@H]1C[C@H]2CC[C@@H]1C2)N1CCN(c2ccc(C(F)(F)F)c[nH+]2)CC1. The van der Waals surface area contributed by atoms with Crippen LogP contribution < -0.4 is 9.88 Å². The summed E-state index contributed by atoms with van der Waals surface area (Å²) in [5.74, 6) is 3.09. The quantitative estimate of drug-likeness (QED) is 0.823. The largest absolute Gasteiger partial charge is 0.419 e. The van der Waals surface area contributed by atoms with E-state index in [0.29, 0.717) is 44.3 Å². The van der Waals surface area contributed by atoms with E-state index in [-0.39, 0.29) is 5.91 Å². The molecule has 1 amide bonds. The first-order chi connectivity index (χ1) is 12.4. The zero-order valence-electron chi connectivity index (χ0n) is 14.8. The molecule has 3 fully saturated rings. The maximum atomic E-state index is 12.6. The third kappa shape index (κ3) is 3.53. The number of halogens is 3. The van der Waals surface area contributed by atoms with E-state index in [9.17, 15) is 18.0 Å². The molecule has 3 aliphatic rings. The van der Waals surface area contributed by atoms with Gasteiger partial charge in [-0.05, 0) is 43.1 Å². The fourth-order valence-corrected chi connectivity index (χ4v) is 4.97. The van der Waals surface area contributed by atoms with E-state index >= 15 is 0 Å². The van der Waals surface area contributed by atoms with E-state index in [1.54, 1.807) is 0 Å². The van der Waals surface area contributed by atoms with Crippen molar-refractivity contribution in [3.8, 4) is 0 Å². The lowest BCUT2D eigenvalue weighted by Gasteiger charge is -2.32. The van der Waals surface area contributed by atoms with Crippen LogP contribution in [0.3, 0.4) is 0 Å². The first-order valence-corrected chi connectivity index (χ1v) is 9.52. The Morgan fingerprint density at radius 2 is 1.88 bits per heavy atom. The zero-order chi connectivity index (χ0) is 18.3. The summed E-state index contributed by atoms with van der Waals surface area (Å²) in [4.78, 5) is 19.3.